The predicted octanol–water partition coefficient (Wildman–Crippen LogP) is -0.0181. The standard InChI is InChI=1S/C8H10N4O/c1-6-7(5-11-12(6)2)8(13)10-4-3-9/h5H,4H2,1-2H3,(H,10,13). The van der Waals surface area contributed by atoms with E-state index in [1.54, 1.807) is 18.7 Å². The molecule has 5 heteroatoms. The van der Waals surface area contributed by atoms with Gasteiger partial charge in [0.2, 0.25) is 0 Å². The van der Waals surface area contributed by atoms with Gasteiger partial charge in [0.1, 0.15) is 6.54 Å². The van der Waals surface area contributed by atoms with E-state index in [9.17, 15) is 4.79 Å². The molecule has 1 heterocycles. The number of aryl methyl sites for hydroxylation is 1. The summed E-state index contributed by atoms with van der Waals surface area (Å²) in [4.78, 5) is 11.3. The van der Waals surface area contributed by atoms with Gasteiger partial charge < -0.3 is 5.32 Å². The Bertz CT molecular complexity index is 361. The van der Waals surface area contributed by atoms with E-state index in [1.807, 2.05) is 6.07 Å². The molecule has 0 unspecified atom stereocenters. The summed E-state index contributed by atoms with van der Waals surface area (Å²) in [7, 11) is 1.76. The van der Waals surface area contributed by atoms with Crippen molar-refractivity contribution in [3.63, 3.8) is 0 Å². The number of hydrogen-bond donors (Lipinski definition) is 1. The first kappa shape index (κ1) is 9.26. The third-order valence-electron chi connectivity index (χ3n) is 1.81. The average Bonchev–Trinajstić information content (AvgIpc) is 2.44. The van der Waals surface area contributed by atoms with Crippen molar-refractivity contribution in [2.75, 3.05) is 6.54 Å². The molecule has 0 saturated carbocycles. The van der Waals surface area contributed by atoms with Gasteiger partial charge in [0.05, 0.1) is 17.8 Å². The SMILES string of the molecule is Cc1c(C(=O)NCC#N)cnn1C. The molecule has 68 valence electrons. The molecule has 0 spiro atoms. The molecule has 1 amide bonds. The Morgan fingerprint density at radius 1 is 1.85 bits per heavy atom. The number of rotatable bonds is 2. The van der Waals surface area contributed by atoms with E-state index >= 15 is 0 Å². The van der Waals surface area contributed by atoms with Gasteiger partial charge in [-0.2, -0.15) is 10.4 Å². The Morgan fingerprint density at radius 2 is 2.54 bits per heavy atom. The van der Waals surface area contributed by atoms with Crippen molar-refractivity contribution in [1.29, 1.82) is 5.26 Å². The van der Waals surface area contributed by atoms with E-state index in [-0.39, 0.29) is 12.5 Å². The summed E-state index contributed by atoms with van der Waals surface area (Å²) in [5, 5.41) is 14.6. The van der Waals surface area contributed by atoms with E-state index in [4.69, 9.17) is 5.26 Å². The first-order valence-corrected chi connectivity index (χ1v) is 3.80. The Hall–Kier alpha value is -1.83. The molecule has 0 fully saturated rings. The molecule has 13 heavy (non-hydrogen) atoms. The third-order valence-corrected chi connectivity index (χ3v) is 1.81. The minimum Gasteiger partial charge on any atom is -0.339 e. The minimum absolute atomic E-state index is 0.0210. The van der Waals surface area contributed by atoms with Gasteiger partial charge >= 0.3 is 0 Å². The number of nitrogens with zero attached hydrogens (tertiary/aromatic N) is 3. The van der Waals surface area contributed by atoms with Crippen LogP contribution in [0.15, 0.2) is 6.20 Å². The van der Waals surface area contributed by atoms with Gasteiger partial charge in [-0.15, -0.1) is 0 Å². The van der Waals surface area contributed by atoms with Crippen LogP contribution in [0.3, 0.4) is 0 Å². The number of hydrogen-bond acceptors (Lipinski definition) is 3. The highest BCUT2D eigenvalue weighted by molar-refractivity contribution is 5.95. The van der Waals surface area contributed by atoms with E-state index in [0.717, 1.165) is 5.69 Å². The number of carbonyl (C=O) groups excluding carboxylic acids is 1. The van der Waals surface area contributed by atoms with Gasteiger partial charge in [-0.1, -0.05) is 0 Å². The molecule has 1 N–H and O–H groups in total. The zero-order chi connectivity index (χ0) is 9.84. The largest absolute Gasteiger partial charge is 0.339 e. The maximum atomic E-state index is 11.3. The van der Waals surface area contributed by atoms with Gasteiger partial charge in [-0.25, -0.2) is 0 Å². The zero-order valence-electron chi connectivity index (χ0n) is 7.53. The molecule has 1 aromatic heterocycles. The van der Waals surface area contributed by atoms with Crippen molar-refractivity contribution in [3.8, 4) is 6.07 Å². The van der Waals surface area contributed by atoms with E-state index in [2.05, 4.69) is 10.4 Å². The Labute approximate surface area is 76.0 Å². The van der Waals surface area contributed by atoms with Crippen LogP contribution in [0.1, 0.15) is 16.1 Å². The summed E-state index contributed by atoms with van der Waals surface area (Å²) in [6.07, 6.45) is 1.49. The highest BCUT2D eigenvalue weighted by Crippen LogP contribution is 2.04. The lowest BCUT2D eigenvalue weighted by Gasteiger charge is -1.99. The molecular formula is C8H10N4O. The lowest BCUT2D eigenvalue weighted by molar-refractivity contribution is 0.0958. The summed E-state index contributed by atoms with van der Waals surface area (Å²) in [6, 6.07) is 1.84. The monoisotopic (exact) mass is 178 g/mol. The van der Waals surface area contributed by atoms with Crippen molar-refractivity contribution >= 4 is 5.91 Å². The van der Waals surface area contributed by atoms with Crippen molar-refractivity contribution in [1.82, 2.24) is 15.1 Å². The average molecular weight is 178 g/mol. The Balaban J connectivity index is 2.78. The van der Waals surface area contributed by atoms with Crippen molar-refractivity contribution < 1.29 is 4.79 Å². The van der Waals surface area contributed by atoms with Crippen LogP contribution in [-0.4, -0.2) is 22.2 Å². The maximum Gasteiger partial charge on any atom is 0.255 e. The molecule has 0 aromatic carbocycles. The van der Waals surface area contributed by atoms with E-state index < -0.39 is 0 Å². The molecule has 0 aliphatic rings. The van der Waals surface area contributed by atoms with Gasteiger partial charge in [0.15, 0.2) is 0 Å². The molecule has 0 saturated heterocycles. The molecule has 0 atom stereocenters. The summed E-state index contributed by atoms with van der Waals surface area (Å²) >= 11 is 0. The molecule has 0 aliphatic heterocycles. The van der Waals surface area contributed by atoms with Gasteiger partial charge in [-0.05, 0) is 6.92 Å². The smallest absolute Gasteiger partial charge is 0.255 e. The maximum absolute atomic E-state index is 11.3. The van der Waals surface area contributed by atoms with Crippen LogP contribution < -0.4 is 5.32 Å². The fourth-order valence-corrected chi connectivity index (χ4v) is 0.937. The zero-order valence-corrected chi connectivity index (χ0v) is 7.53. The number of amides is 1. The van der Waals surface area contributed by atoms with Gasteiger partial charge in [-0.3, -0.25) is 9.48 Å². The number of aromatic nitrogens is 2. The van der Waals surface area contributed by atoms with Gasteiger partial charge in [0, 0.05) is 12.7 Å². The second-order valence-electron chi connectivity index (χ2n) is 2.61. The van der Waals surface area contributed by atoms with Crippen LogP contribution in [0, 0.1) is 18.3 Å². The molecule has 0 aliphatic carbocycles. The third kappa shape index (κ3) is 1.85. The van der Waals surface area contributed by atoms with Crippen LogP contribution >= 0.6 is 0 Å². The second-order valence-corrected chi connectivity index (χ2v) is 2.61. The lowest BCUT2D eigenvalue weighted by atomic mass is 10.2. The highest BCUT2D eigenvalue weighted by atomic mass is 16.1. The molecule has 0 radical (unpaired) electrons. The van der Waals surface area contributed by atoms with Crippen LogP contribution in [-0.2, 0) is 7.05 Å². The highest BCUT2D eigenvalue weighted by Gasteiger charge is 2.11. The normalized spacial score (nSPS) is 9.31. The number of carbonyl (C=O) groups is 1. The van der Waals surface area contributed by atoms with Crippen molar-refractivity contribution in [3.05, 3.63) is 17.5 Å². The Kier molecular flexibility index (Phi) is 2.65. The first-order chi connectivity index (χ1) is 6.16. The molecule has 1 rings (SSSR count). The van der Waals surface area contributed by atoms with Gasteiger partial charge in [0.25, 0.3) is 5.91 Å². The summed E-state index contributed by atoms with van der Waals surface area (Å²) < 4.78 is 1.61. The quantitative estimate of drug-likeness (QED) is 0.647. The predicted molar refractivity (Wildman–Crippen MR) is 45.9 cm³/mol. The molecule has 5 nitrogen and oxygen atoms in total. The van der Waals surface area contributed by atoms with Crippen LogP contribution in [0.2, 0.25) is 0 Å². The van der Waals surface area contributed by atoms with Crippen LogP contribution in [0.5, 0.6) is 0 Å². The Morgan fingerprint density at radius 3 is 3.00 bits per heavy atom. The van der Waals surface area contributed by atoms with Crippen LogP contribution in [0.25, 0.3) is 0 Å². The summed E-state index contributed by atoms with van der Waals surface area (Å²) in [6.45, 7) is 1.82. The van der Waals surface area contributed by atoms with E-state index in [1.165, 1.54) is 6.20 Å². The summed E-state index contributed by atoms with van der Waals surface area (Å²) in [5.74, 6) is -0.257. The van der Waals surface area contributed by atoms with Crippen LogP contribution in [0.4, 0.5) is 0 Å². The fourth-order valence-electron chi connectivity index (χ4n) is 0.937. The number of nitriles is 1. The second kappa shape index (κ2) is 3.72. The lowest BCUT2D eigenvalue weighted by Crippen LogP contribution is -2.23. The molecular weight excluding hydrogens is 168 g/mol. The number of nitrogens with one attached hydrogen (secondary N) is 1. The van der Waals surface area contributed by atoms with E-state index in [0.29, 0.717) is 5.56 Å². The van der Waals surface area contributed by atoms with Crippen molar-refractivity contribution in [2.24, 2.45) is 7.05 Å². The molecule has 0 bridgehead atoms. The summed E-state index contributed by atoms with van der Waals surface area (Å²) in [5.41, 5.74) is 1.30. The molecule has 1 aromatic rings. The minimum atomic E-state index is -0.257. The fraction of sp³-hybridized carbons (Fsp3) is 0.375. The van der Waals surface area contributed by atoms with Crippen molar-refractivity contribution in [2.45, 2.75) is 6.92 Å². The first-order valence-electron chi connectivity index (χ1n) is 3.80. The topological polar surface area (TPSA) is 70.7 Å².